The van der Waals surface area contributed by atoms with E-state index in [4.69, 9.17) is 14.2 Å². The lowest BCUT2D eigenvalue weighted by Gasteiger charge is -2.41. The van der Waals surface area contributed by atoms with Crippen molar-refractivity contribution in [2.45, 2.75) is 25.5 Å². The maximum Gasteiger partial charge on any atom is 0.254 e. The minimum atomic E-state index is -0.510. The van der Waals surface area contributed by atoms with E-state index in [-0.39, 0.29) is 12.5 Å². The number of aliphatic hydroxyl groups excluding tert-OH is 1. The maximum atomic E-state index is 13.4. The van der Waals surface area contributed by atoms with Crippen molar-refractivity contribution in [3.05, 3.63) is 59.2 Å². The first-order valence-corrected chi connectivity index (χ1v) is 9.47. The first-order valence-electron chi connectivity index (χ1n) is 9.47. The molecular formula is C22H27NO5. The molecule has 0 aromatic heterocycles. The Morgan fingerprint density at radius 2 is 1.93 bits per heavy atom. The zero-order chi connectivity index (χ0) is 20.1. The summed E-state index contributed by atoms with van der Waals surface area (Å²) >= 11 is 0. The van der Waals surface area contributed by atoms with Crippen molar-refractivity contribution >= 4 is 5.91 Å². The summed E-state index contributed by atoms with van der Waals surface area (Å²) < 4.78 is 16.5. The van der Waals surface area contributed by atoms with Gasteiger partial charge < -0.3 is 24.2 Å². The molecule has 0 radical (unpaired) electrons. The molecule has 3 rings (SSSR count). The van der Waals surface area contributed by atoms with Crippen LogP contribution in [0, 0.1) is 0 Å². The predicted octanol–water partition coefficient (Wildman–Crippen LogP) is 2.84. The van der Waals surface area contributed by atoms with Crippen LogP contribution in [0.1, 0.15) is 34.5 Å². The average molecular weight is 385 g/mol. The molecule has 0 saturated carbocycles. The van der Waals surface area contributed by atoms with Crippen LogP contribution in [0.3, 0.4) is 0 Å². The second-order valence-electron chi connectivity index (χ2n) is 6.66. The number of aryl methyl sites for hydroxylation is 1. The molecule has 1 aliphatic rings. The summed E-state index contributed by atoms with van der Waals surface area (Å²) in [7, 11) is 3.15. The largest absolute Gasteiger partial charge is 0.493 e. The molecule has 0 unspecified atom stereocenters. The SMILES string of the molecule is CCc1ccccc1C(=O)N1CCO[C@H](CO)[C@H]1c1ccc(OC)c(OC)c1. The summed E-state index contributed by atoms with van der Waals surface area (Å²) in [4.78, 5) is 15.2. The third-order valence-corrected chi connectivity index (χ3v) is 5.17. The summed E-state index contributed by atoms with van der Waals surface area (Å²) in [5, 5.41) is 9.90. The van der Waals surface area contributed by atoms with E-state index in [9.17, 15) is 9.90 Å². The highest BCUT2D eigenvalue weighted by molar-refractivity contribution is 5.96. The molecule has 2 aromatic rings. The van der Waals surface area contributed by atoms with Gasteiger partial charge in [0.15, 0.2) is 11.5 Å². The Labute approximate surface area is 165 Å². The summed E-state index contributed by atoms with van der Waals surface area (Å²) in [5.74, 6) is 1.13. The van der Waals surface area contributed by atoms with Gasteiger partial charge in [0, 0.05) is 12.1 Å². The van der Waals surface area contributed by atoms with Gasteiger partial charge in [0.25, 0.3) is 5.91 Å². The molecule has 1 amide bonds. The van der Waals surface area contributed by atoms with Gasteiger partial charge in [0.1, 0.15) is 6.10 Å². The zero-order valence-electron chi connectivity index (χ0n) is 16.6. The molecule has 2 aromatic carbocycles. The summed E-state index contributed by atoms with van der Waals surface area (Å²) in [6, 6.07) is 12.8. The van der Waals surface area contributed by atoms with Crippen molar-refractivity contribution in [2.75, 3.05) is 34.0 Å². The molecule has 150 valence electrons. The van der Waals surface area contributed by atoms with E-state index in [0.717, 1.165) is 17.5 Å². The number of benzene rings is 2. The summed E-state index contributed by atoms with van der Waals surface area (Å²) in [6.45, 7) is 2.69. The highest BCUT2D eigenvalue weighted by Gasteiger charge is 2.37. The highest BCUT2D eigenvalue weighted by atomic mass is 16.5. The van der Waals surface area contributed by atoms with Gasteiger partial charge in [0.2, 0.25) is 0 Å². The second-order valence-corrected chi connectivity index (χ2v) is 6.66. The molecule has 1 aliphatic heterocycles. The molecule has 0 bridgehead atoms. The number of hydrogen-bond donors (Lipinski definition) is 1. The topological polar surface area (TPSA) is 68.2 Å². The van der Waals surface area contributed by atoms with E-state index in [1.165, 1.54) is 0 Å². The van der Waals surface area contributed by atoms with E-state index in [2.05, 4.69) is 0 Å². The zero-order valence-corrected chi connectivity index (χ0v) is 16.6. The molecule has 1 N–H and O–H groups in total. The molecule has 1 heterocycles. The summed E-state index contributed by atoms with van der Waals surface area (Å²) in [5.41, 5.74) is 2.53. The van der Waals surface area contributed by atoms with Gasteiger partial charge >= 0.3 is 0 Å². The molecule has 0 spiro atoms. The van der Waals surface area contributed by atoms with E-state index < -0.39 is 12.1 Å². The van der Waals surface area contributed by atoms with Crippen molar-refractivity contribution in [1.29, 1.82) is 0 Å². The fourth-order valence-corrected chi connectivity index (χ4v) is 3.74. The minimum Gasteiger partial charge on any atom is -0.493 e. The van der Waals surface area contributed by atoms with Crippen LogP contribution in [0.15, 0.2) is 42.5 Å². The van der Waals surface area contributed by atoms with E-state index in [1.807, 2.05) is 43.3 Å². The Hall–Kier alpha value is -2.57. The van der Waals surface area contributed by atoms with Crippen LogP contribution < -0.4 is 9.47 Å². The van der Waals surface area contributed by atoms with Crippen molar-refractivity contribution < 1.29 is 24.1 Å². The van der Waals surface area contributed by atoms with E-state index in [1.54, 1.807) is 25.2 Å². The Morgan fingerprint density at radius 1 is 1.18 bits per heavy atom. The third kappa shape index (κ3) is 3.84. The Bertz CT molecular complexity index is 822. The average Bonchev–Trinajstić information content (AvgIpc) is 2.77. The number of carbonyl (C=O) groups excluding carboxylic acids is 1. The lowest BCUT2D eigenvalue weighted by molar-refractivity contribution is -0.0812. The fraction of sp³-hybridized carbons (Fsp3) is 0.409. The monoisotopic (exact) mass is 385 g/mol. The lowest BCUT2D eigenvalue weighted by atomic mass is 9.95. The molecular weight excluding hydrogens is 358 g/mol. The van der Waals surface area contributed by atoms with Gasteiger partial charge in [-0.1, -0.05) is 31.2 Å². The van der Waals surface area contributed by atoms with Gasteiger partial charge in [-0.25, -0.2) is 0 Å². The normalized spacial score (nSPS) is 19.4. The number of carbonyl (C=O) groups is 1. The van der Waals surface area contributed by atoms with Gasteiger partial charge in [0.05, 0.1) is 33.5 Å². The molecule has 0 aliphatic carbocycles. The van der Waals surface area contributed by atoms with E-state index in [0.29, 0.717) is 30.2 Å². The van der Waals surface area contributed by atoms with Gasteiger partial charge in [-0.2, -0.15) is 0 Å². The highest BCUT2D eigenvalue weighted by Crippen LogP contribution is 2.36. The number of aliphatic hydroxyl groups is 1. The van der Waals surface area contributed by atoms with Crippen LogP contribution in [0.5, 0.6) is 11.5 Å². The van der Waals surface area contributed by atoms with Crippen molar-refractivity contribution in [2.24, 2.45) is 0 Å². The molecule has 1 fully saturated rings. The lowest BCUT2D eigenvalue weighted by Crippen LogP contribution is -2.49. The number of nitrogens with zero attached hydrogens (tertiary/aromatic N) is 1. The fourth-order valence-electron chi connectivity index (χ4n) is 3.74. The van der Waals surface area contributed by atoms with Crippen LogP contribution in [0.25, 0.3) is 0 Å². The number of amides is 1. The second kappa shape index (κ2) is 9.08. The van der Waals surface area contributed by atoms with Crippen LogP contribution in [0.4, 0.5) is 0 Å². The Balaban J connectivity index is 2.03. The van der Waals surface area contributed by atoms with Gasteiger partial charge in [-0.3, -0.25) is 4.79 Å². The predicted molar refractivity (Wildman–Crippen MR) is 106 cm³/mol. The number of hydrogen-bond acceptors (Lipinski definition) is 5. The molecule has 6 nitrogen and oxygen atoms in total. The third-order valence-electron chi connectivity index (χ3n) is 5.17. The van der Waals surface area contributed by atoms with Crippen molar-refractivity contribution in [3.8, 4) is 11.5 Å². The van der Waals surface area contributed by atoms with Crippen LogP contribution >= 0.6 is 0 Å². The molecule has 6 heteroatoms. The summed E-state index contributed by atoms with van der Waals surface area (Å²) in [6.07, 6.45) is 0.265. The van der Waals surface area contributed by atoms with Gasteiger partial charge in [-0.15, -0.1) is 0 Å². The number of methoxy groups -OCH3 is 2. The Morgan fingerprint density at radius 3 is 2.61 bits per heavy atom. The minimum absolute atomic E-state index is 0.0565. The Kier molecular flexibility index (Phi) is 6.54. The molecule has 2 atom stereocenters. The van der Waals surface area contributed by atoms with E-state index >= 15 is 0 Å². The van der Waals surface area contributed by atoms with Crippen LogP contribution in [-0.4, -0.2) is 56.0 Å². The molecule has 28 heavy (non-hydrogen) atoms. The smallest absolute Gasteiger partial charge is 0.254 e. The van der Waals surface area contributed by atoms with Crippen LogP contribution in [-0.2, 0) is 11.2 Å². The first kappa shape index (κ1) is 20.2. The number of ether oxygens (including phenoxy) is 3. The first-order chi connectivity index (χ1) is 13.6. The number of morpholine rings is 1. The van der Waals surface area contributed by atoms with Gasteiger partial charge in [-0.05, 0) is 35.7 Å². The molecule has 1 saturated heterocycles. The standard InChI is InChI=1S/C22H27NO5/c1-4-15-7-5-6-8-17(15)22(25)23-11-12-28-20(14-24)21(23)16-9-10-18(26-2)19(13-16)27-3/h5-10,13,20-21,24H,4,11-12,14H2,1-3H3/t20-,21-/m1/s1. The van der Waals surface area contributed by atoms with Crippen LogP contribution in [0.2, 0.25) is 0 Å². The maximum absolute atomic E-state index is 13.4. The van der Waals surface area contributed by atoms with Crippen molar-refractivity contribution in [3.63, 3.8) is 0 Å². The number of rotatable bonds is 6. The van der Waals surface area contributed by atoms with Crippen molar-refractivity contribution in [1.82, 2.24) is 4.90 Å². The quantitative estimate of drug-likeness (QED) is 0.828.